The molecule has 3 atom stereocenters. The molecule has 1 saturated carbocycles. The Balaban J connectivity index is 1.97. The summed E-state index contributed by atoms with van der Waals surface area (Å²) in [6.45, 7) is 0. The number of rotatable bonds is 7. The Morgan fingerprint density at radius 2 is 1.88 bits per heavy atom. The summed E-state index contributed by atoms with van der Waals surface area (Å²) >= 11 is 0. The summed E-state index contributed by atoms with van der Waals surface area (Å²) in [7, 11) is 0. The van der Waals surface area contributed by atoms with Gasteiger partial charge in [0, 0.05) is 24.8 Å². The number of nitrogens with one attached hydrogen (secondary N) is 1. The standard InChI is InChI=1S/C18H26F2N2O3/c19-18(20)8-6-13(7-9-18)14(17(24)22-25)11-16(23)15(21)10-12-4-2-1-3-5-12/h1-5,13-16,23,25H,6-11,21H2,(H,22,24). The summed E-state index contributed by atoms with van der Waals surface area (Å²) in [6.07, 6.45) is -0.672. The fourth-order valence-corrected chi connectivity index (χ4v) is 3.52. The van der Waals surface area contributed by atoms with Crippen molar-refractivity contribution in [3.05, 3.63) is 35.9 Å². The summed E-state index contributed by atoms with van der Waals surface area (Å²) in [5.41, 5.74) is 8.61. The van der Waals surface area contributed by atoms with Crippen molar-refractivity contribution in [1.82, 2.24) is 5.48 Å². The first-order chi connectivity index (χ1) is 11.8. The molecule has 25 heavy (non-hydrogen) atoms. The second-order valence-electron chi connectivity index (χ2n) is 6.93. The molecule has 3 unspecified atom stereocenters. The molecule has 2 rings (SSSR count). The van der Waals surface area contributed by atoms with Crippen molar-refractivity contribution in [3.63, 3.8) is 0 Å². The van der Waals surface area contributed by atoms with E-state index in [0.717, 1.165) is 5.56 Å². The highest BCUT2D eigenvalue weighted by Crippen LogP contribution is 2.40. The van der Waals surface area contributed by atoms with Gasteiger partial charge >= 0.3 is 0 Å². The van der Waals surface area contributed by atoms with Crippen LogP contribution in [0.25, 0.3) is 0 Å². The predicted molar refractivity (Wildman–Crippen MR) is 89.1 cm³/mol. The van der Waals surface area contributed by atoms with Crippen LogP contribution in [0, 0.1) is 11.8 Å². The zero-order valence-electron chi connectivity index (χ0n) is 14.1. The fourth-order valence-electron chi connectivity index (χ4n) is 3.52. The van der Waals surface area contributed by atoms with Crippen LogP contribution < -0.4 is 11.2 Å². The minimum atomic E-state index is -2.70. The van der Waals surface area contributed by atoms with E-state index in [1.54, 1.807) is 5.48 Å². The van der Waals surface area contributed by atoms with Gasteiger partial charge in [-0.15, -0.1) is 0 Å². The first-order valence-corrected chi connectivity index (χ1v) is 8.62. The molecular weight excluding hydrogens is 330 g/mol. The molecule has 1 aromatic carbocycles. The summed E-state index contributed by atoms with van der Waals surface area (Å²) in [5, 5.41) is 19.4. The third-order valence-corrected chi connectivity index (χ3v) is 5.08. The number of carbonyl (C=O) groups is 1. The molecular formula is C18H26F2N2O3. The van der Waals surface area contributed by atoms with Gasteiger partial charge in [-0.25, -0.2) is 14.3 Å². The highest BCUT2D eigenvalue weighted by molar-refractivity contribution is 5.77. The van der Waals surface area contributed by atoms with E-state index >= 15 is 0 Å². The number of alkyl halides is 2. The molecule has 5 N–H and O–H groups in total. The molecule has 1 aliphatic carbocycles. The smallest absolute Gasteiger partial charge is 0.248 e. The van der Waals surface area contributed by atoms with Gasteiger partial charge in [0.25, 0.3) is 0 Å². The quantitative estimate of drug-likeness (QED) is 0.445. The number of aliphatic hydroxyl groups is 1. The van der Waals surface area contributed by atoms with Gasteiger partial charge < -0.3 is 10.8 Å². The van der Waals surface area contributed by atoms with E-state index < -0.39 is 29.9 Å². The summed E-state index contributed by atoms with van der Waals surface area (Å²) in [5.74, 6) is -4.39. The van der Waals surface area contributed by atoms with Crippen LogP contribution in [0.15, 0.2) is 30.3 Å². The van der Waals surface area contributed by atoms with Crippen LogP contribution >= 0.6 is 0 Å². The van der Waals surface area contributed by atoms with Crippen LogP contribution in [0.2, 0.25) is 0 Å². The molecule has 1 aromatic rings. The van der Waals surface area contributed by atoms with Crippen molar-refractivity contribution >= 4 is 5.91 Å². The zero-order valence-corrected chi connectivity index (χ0v) is 14.1. The van der Waals surface area contributed by atoms with Crippen LogP contribution in [0.3, 0.4) is 0 Å². The van der Waals surface area contributed by atoms with Crippen molar-refractivity contribution in [1.29, 1.82) is 0 Å². The summed E-state index contributed by atoms with van der Waals surface area (Å²) < 4.78 is 26.7. The second-order valence-corrected chi connectivity index (χ2v) is 6.93. The number of aliphatic hydroxyl groups excluding tert-OH is 1. The average molecular weight is 356 g/mol. The van der Waals surface area contributed by atoms with Crippen molar-refractivity contribution < 1.29 is 23.9 Å². The highest BCUT2D eigenvalue weighted by Gasteiger charge is 2.40. The van der Waals surface area contributed by atoms with Crippen LogP contribution in [-0.2, 0) is 11.2 Å². The number of nitrogens with two attached hydrogens (primary N) is 1. The largest absolute Gasteiger partial charge is 0.391 e. The number of hydrogen-bond donors (Lipinski definition) is 4. The van der Waals surface area contributed by atoms with E-state index in [1.165, 1.54) is 0 Å². The fraction of sp³-hybridized carbons (Fsp3) is 0.611. The first kappa shape index (κ1) is 19.8. The lowest BCUT2D eigenvalue weighted by atomic mass is 9.75. The van der Waals surface area contributed by atoms with E-state index in [2.05, 4.69) is 0 Å². The molecule has 0 aromatic heterocycles. The van der Waals surface area contributed by atoms with Crippen molar-refractivity contribution in [2.24, 2.45) is 17.6 Å². The Labute approximate surface area is 146 Å². The van der Waals surface area contributed by atoms with Gasteiger partial charge in [-0.2, -0.15) is 0 Å². The van der Waals surface area contributed by atoms with Crippen LogP contribution in [0.4, 0.5) is 8.78 Å². The number of amides is 1. The van der Waals surface area contributed by atoms with Crippen LogP contribution in [0.5, 0.6) is 0 Å². The minimum Gasteiger partial charge on any atom is -0.391 e. The lowest BCUT2D eigenvalue weighted by Gasteiger charge is -2.34. The second kappa shape index (κ2) is 8.69. The Morgan fingerprint density at radius 3 is 2.44 bits per heavy atom. The van der Waals surface area contributed by atoms with Gasteiger partial charge in [-0.05, 0) is 37.2 Å². The number of benzene rings is 1. The lowest BCUT2D eigenvalue weighted by molar-refractivity contribution is -0.139. The molecule has 7 heteroatoms. The molecule has 0 radical (unpaired) electrons. The topological polar surface area (TPSA) is 95.6 Å². The molecule has 1 aliphatic rings. The van der Waals surface area contributed by atoms with E-state index in [0.29, 0.717) is 6.42 Å². The number of hydroxylamine groups is 1. The van der Waals surface area contributed by atoms with Crippen molar-refractivity contribution in [3.8, 4) is 0 Å². The molecule has 140 valence electrons. The summed E-state index contributed by atoms with van der Waals surface area (Å²) in [4.78, 5) is 12.0. The molecule has 0 aliphatic heterocycles. The molecule has 5 nitrogen and oxygen atoms in total. The monoisotopic (exact) mass is 356 g/mol. The van der Waals surface area contributed by atoms with E-state index in [-0.39, 0.29) is 38.0 Å². The maximum Gasteiger partial charge on any atom is 0.248 e. The van der Waals surface area contributed by atoms with Gasteiger partial charge in [0.1, 0.15) is 0 Å². The zero-order chi connectivity index (χ0) is 18.4. The Bertz CT molecular complexity index is 547. The third kappa shape index (κ3) is 5.73. The van der Waals surface area contributed by atoms with Gasteiger partial charge in [0.05, 0.1) is 6.10 Å². The first-order valence-electron chi connectivity index (χ1n) is 8.62. The van der Waals surface area contributed by atoms with Crippen molar-refractivity contribution in [2.75, 3.05) is 0 Å². The van der Waals surface area contributed by atoms with Crippen molar-refractivity contribution in [2.45, 2.75) is 56.6 Å². The van der Waals surface area contributed by atoms with Gasteiger partial charge in [0.2, 0.25) is 11.8 Å². The number of carbonyl (C=O) groups excluding carboxylic acids is 1. The molecule has 0 saturated heterocycles. The molecule has 1 amide bonds. The minimum absolute atomic E-state index is 0.0383. The van der Waals surface area contributed by atoms with Crippen LogP contribution in [0.1, 0.15) is 37.7 Å². The SMILES string of the molecule is NC(Cc1ccccc1)C(O)CC(C(=O)NO)C1CCC(F)(F)CC1. The molecule has 0 spiro atoms. The van der Waals surface area contributed by atoms with E-state index in [4.69, 9.17) is 10.9 Å². The predicted octanol–water partition coefficient (Wildman–Crippen LogP) is 2.25. The van der Waals surface area contributed by atoms with Gasteiger partial charge in [0.15, 0.2) is 0 Å². The van der Waals surface area contributed by atoms with E-state index in [9.17, 15) is 18.7 Å². The Kier molecular flexibility index (Phi) is 6.87. The normalized spacial score (nSPS) is 21.3. The molecule has 1 fully saturated rings. The number of halogens is 2. The average Bonchev–Trinajstić information content (AvgIpc) is 2.60. The van der Waals surface area contributed by atoms with Gasteiger partial charge in [-0.1, -0.05) is 30.3 Å². The van der Waals surface area contributed by atoms with E-state index in [1.807, 2.05) is 30.3 Å². The van der Waals surface area contributed by atoms with Gasteiger partial charge in [-0.3, -0.25) is 10.0 Å². The highest BCUT2D eigenvalue weighted by atomic mass is 19.3. The summed E-state index contributed by atoms with van der Waals surface area (Å²) in [6, 6.07) is 8.84. The van der Waals surface area contributed by atoms with Crippen LogP contribution in [-0.4, -0.2) is 34.3 Å². The Hall–Kier alpha value is -1.57. The molecule has 0 heterocycles. The maximum absolute atomic E-state index is 13.3. The Morgan fingerprint density at radius 1 is 1.28 bits per heavy atom. The third-order valence-electron chi connectivity index (χ3n) is 5.08. The number of hydrogen-bond acceptors (Lipinski definition) is 4. The lowest BCUT2D eigenvalue weighted by Crippen LogP contribution is -2.43. The maximum atomic E-state index is 13.3. The molecule has 0 bridgehead atoms.